The van der Waals surface area contributed by atoms with Crippen LogP contribution in [0.15, 0.2) is 12.2 Å². The van der Waals surface area contributed by atoms with E-state index >= 15 is 0 Å². The largest absolute Gasteiger partial charge is 0.0998 e. The molecule has 0 aliphatic carbocycles. The van der Waals surface area contributed by atoms with Gasteiger partial charge in [0.15, 0.2) is 0 Å². The van der Waals surface area contributed by atoms with Crippen molar-refractivity contribution in [2.24, 2.45) is 5.41 Å². The smallest absolute Gasteiger partial charge is 0.00895 e. The van der Waals surface area contributed by atoms with E-state index in [0.717, 1.165) is 5.57 Å². The van der Waals surface area contributed by atoms with Gasteiger partial charge in [-0.25, -0.2) is 0 Å². The van der Waals surface area contributed by atoms with Gasteiger partial charge in [0.2, 0.25) is 0 Å². The maximum Gasteiger partial charge on any atom is -0.00895 e. The van der Waals surface area contributed by atoms with Crippen molar-refractivity contribution in [1.82, 2.24) is 0 Å². The van der Waals surface area contributed by atoms with E-state index < -0.39 is 0 Å². The molecule has 8 heavy (non-hydrogen) atoms. The van der Waals surface area contributed by atoms with Crippen LogP contribution in [0.4, 0.5) is 0 Å². The van der Waals surface area contributed by atoms with Gasteiger partial charge in [0.1, 0.15) is 0 Å². The van der Waals surface area contributed by atoms with E-state index in [1.165, 1.54) is 0 Å². The maximum atomic E-state index is 3.78. The normalized spacial score (nSPS) is 11.5. The zero-order chi connectivity index (χ0) is 6.78. The van der Waals surface area contributed by atoms with Crippen molar-refractivity contribution in [3.8, 4) is 0 Å². The van der Waals surface area contributed by atoms with E-state index in [9.17, 15) is 0 Å². The Kier molecular flexibility index (Phi) is 2.26. The average molecular weight is 111 g/mol. The number of rotatable bonds is 1. The van der Waals surface area contributed by atoms with E-state index in [-0.39, 0.29) is 0 Å². The molecule has 0 unspecified atom stereocenters. The summed E-state index contributed by atoms with van der Waals surface area (Å²) in [5.41, 5.74) is 1.45. The van der Waals surface area contributed by atoms with Gasteiger partial charge in [0, 0.05) is 0 Å². The van der Waals surface area contributed by atoms with Crippen LogP contribution in [-0.2, 0) is 0 Å². The van der Waals surface area contributed by atoms with E-state index in [4.69, 9.17) is 0 Å². The lowest BCUT2D eigenvalue weighted by Gasteiger charge is -2.16. The van der Waals surface area contributed by atoms with Crippen LogP contribution in [0.5, 0.6) is 0 Å². The van der Waals surface area contributed by atoms with Crippen molar-refractivity contribution in [2.45, 2.75) is 27.7 Å². The molecule has 47 valence electrons. The second-order valence-electron chi connectivity index (χ2n) is 3.36. The van der Waals surface area contributed by atoms with E-state index in [0.29, 0.717) is 5.41 Å². The van der Waals surface area contributed by atoms with Crippen molar-refractivity contribution in [3.05, 3.63) is 18.6 Å². The van der Waals surface area contributed by atoms with Crippen LogP contribution >= 0.6 is 0 Å². The molecule has 0 heterocycles. The molecule has 0 spiro atoms. The minimum atomic E-state index is 0.297. The highest BCUT2D eigenvalue weighted by Crippen LogP contribution is 2.20. The first-order chi connectivity index (χ1) is 3.42. The van der Waals surface area contributed by atoms with Crippen LogP contribution in [0, 0.1) is 11.8 Å². The molecule has 0 bridgehead atoms. The zero-order valence-corrected chi connectivity index (χ0v) is 6.28. The molecule has 0 saturated carbocycles. The van der Waals surface area contributed by atoms with Crippen molar-refractivity contribution in [2.75, 3.05) is 0 Å². The SMILES string of the molecule is C=C(C)[CH]C(C)(C)C. The topological polar surface area (TPSA) is 0 Å². The van der Waals surface area contributed by atoms with Crippen molar-refractivity contribution >= 4 is 0 Å². The summed E-state index contributed by atoms with van der Waals surface area (Å²) in [5.74, 6) is 0. The molecule has 0 aliphatic heterocycles. The third kappa shape index (κ3) is 5.74. The molecule has 0 fully saturated rings. The summed E-state index contributed by atoms with van der Waals surface area (Å²) in [7, 11) is 0. The molecule has 1 radical (unpaired) electrons. The Morgan fingerprint density at radius 3 is 1.75 bits per heavy atom. The third-order valence-corrected chi connectivity index (χ3v) is 0.679. The Bertz CT molecular complexity index is 82.7. The minimum Gasteiger partial charge on any atom is -0.0998 e. The maximum absolute atomic E-state index is 3.78. The van der Waals surface area contributed by atoms with E-state index in [1.807, 2.05) is 6.92 Å². The third-order valence-electron chi connectivity index (χ3n) is 0.679. The predicted molar refractivity (Wildman–Crippen MR) is 38.6 cm³/mol. The predicted octanol–water partition coefficient (Wildman–Crippen LogP) is 2.81. The van der Waals surface area contributed by atoms with Crippen LogP contribution in [0.25, 0.3) is 0 Å². The van der Waals surface area contributed by atoms with Gasteiger partial charge >= 0.3 is 0 Å². The first-order valence-electron chi connectivity index (χ1n) is 2.93. The van der Waals surface area contributed by atoms with Crippen LogP contribution in [0.1, 0.15) is 27.7 Å². The first kappa shape index (κ1) is 7.74. The van der Waals surface area contributed by atoms with Crippen LogP contribution in [-0.4, -0.2) is 0 Å². The fourth-order valence-corrected chi connectivity index (χ4v) is 0.739. The van der Waals surface area contributed by atoms with Gasteiger partial charge < -0.3 is 0 Å². The Balaban J connectivity index is 3.55. The second-order valence-corrected chi connectivity index (χ2v) is 3.36. The Morgan fingerprint density at radius 2 is 1.75 bits per heavy atom. The average Bonchev–Trinajstić information content (AvgIpc) is 1.21. The first-order valence-corrected chi connectivity index (χ1v) is 2.93. The summed E-state index contributed by atoms with van der Waals surface area (Å²) in [6, 6.07) is 0. The second kappa shape index (κ2) is 2.34. The molecular formula is C8H15. The van der Waals surface area contributed by atoms with Gasteiger partial charge in [0.05, 0.1) is 0 Å². The molecule has 0 atom stereocenters. The summed E-state index contributed by atoms with van der Waals surface area (Å²) < 4.78 is 0. The van der Waals surface area contributed by atoms with Crippen molar-refractivity contribution < 1.29 is 0 Å². The van der Waals surface area contributed by atoms with Gasteiger partial charge in [0.25, 0.3) is 0 Å². The zero-order valence-electron chi connectivity index (χ0n) is 6.28. The molecule has 0 heteroatoms. The molecule has 0 aliphatic rings. The molecule has 0 aromatic rings. The fraction of sp³-hybridized carbons (Fsp3) is 0.625. The molecule has 0 rings (SSSR count). The number of allylic oxidation sites excluding steroid dienone is 1. The van der Waals surface area contributed by atoms with Gasteiger partial charge in [-0.3, -0.25) is 0 Å². The van der Waals surface area contributed by atoms with Crippen molar-refractivity contribution in [3.63, 3.8) is 0 Å². The standard InChI is InChI=1S/C8H15/c1-7(2)6-8(3,4)5/h6H,1H2,2-5H3. The molecule has 0 N–H and O–H groups in total. The Labute approximate surface area is 52.6 Å². The fourth-order valence-electron chi connectivity index (χ4n) is 0.739. The van der Waals surface area contributed by atoms with Gasteiger partial charge in [-0.05, 0) is 18.8 Å². The number of hydrogen-bond acceptors (Lipinski definition) is 0. The highest BCUT2D eigenvalue weighted by molar-refractivity contribution is 5.08. The lowest BCUT2D eigenvalue weighted by atomic mass is 9.89. The van der Waals surface area contributed by atoms with Crippen molar-refractivity contribution in [1.29, 1.82) is 0 Å². The molecule has 0 saturated heterocycles. The monoisotopic (exact) mass is 111 g/mol. The molecule has 0 amide bonds. The molecule has 0 aromatic heterocycles. The summed E-state index contributed by atoms with van der Waals surface area (Å²) in [4.78, 5) is 0. The lowest BCUT2D eigenvalue weighted by molar-refractivity contribution is 0.503. The summed E-state index contributed by atoms with van der Waals surface area (Å²) in [5, 5.41) is 0. The van der Waals surface area contributed by atoms with Gasteiger partial charge in [-0.15, -0.1) is 0 Å². The summed E-state index contributed by atoms with van der Waals surface area (Å²) >= 11 is 0. The molecule has 0 nitrogen and oxygen atoms in total. The molecule has 0 aromatic carbocycles. The van der Waals surface area contributed by atoms with Crippen LogP contribution in [0.2, 0.25) is 0 Å². The molecular weight excluding hydrogens is 96.1 g/mol. The van der Waals surface area contributed by atoms with Gasteiger partial charge in [-0.1, -0.05) is 32.9 Å². The highest BCUT2D eigenvalue weighted by Gasteiger charge is 2.08. The van der Waals surface area contributed by atoms with Gasteiger partial charge in [-0.2, -0.15) is 0 Å². The van der Waals surface area contributed by atoms with Crippen LogP contribution in [0.3, 0.4) is 0 Å². The summed E-state index contributed by atoms with van der Waals surface area (Å²) in [6.07, 6.45) is 2.16. The highest BCUT2D eigenvalue weighted by atomic mass is 14.1. The van der Waals surface area contributed by atoms with E-state index in [1.54, 1.807) is 0 Å². The Morgan fingerprint density at radius 1 is 1.38 bits per heavy atom. The Hall–Kier alpha value is -0.260. The summed E-state index contributed by atoms with van der Waals surface area (Å²) in [6.45, 7) is 12.3. The van der Waals surface area contributed by atoms with E-state index in [2.05, 4.69) is 33.8 Å². The van der Waals surface area contributed by atoms with Crippen LogP contribution < -0.4 is 0 Å². The lowest BCUT2D eigenvalue weighted by Crippen LogP contribution is -2.05. The minimum absolute atomic E-state index is 0.297. The quantitative estimate of drug-likeness (QED) is 0.488. The number of hydrogen-bond donors (Lipinski definition) is 0.